The molecule has 22 heavy (non-hydrogen) atoms. The summed E-state index contributed by atoms with van der Waals surface area (Å²) in [6.45, 7) is 4.77. The molecule has 124 valence electrons. The second-order valence-electron chi connectivity index (χ2n) is 9.12. The van der Waals surface area contributed by atoms with E-state index in [1.54, 1.807) is 5.57 Å². The van der Waals surface area contributed by atoms with Gasteiger partial charge in [0, 0.05) is 5.41 Å². The topological polar surface area (TPSA) is 40.5 Å². The molecular weight excluding hydrogens is 272 g/mol. The number of allylic oxidation sites excluding steroid dienone is 1. The molecule has 3 saturated carbocycles. The van der Waals surface area contributed by atoms with E-state index in [1.165, 1.54) is 44.9 Å². The molecule has 0 amide bonds. The summed E-state index contributed by atoms with van der Waals surface area (Å²) in [7, 11) is 0. The lowest BCUT2D eigenvalue weighted by molar-refractivity contribution is -0.126. The summed E-state index contributed by atoms with van der Waals surface area (Å²) >= 11 is 0. The van der Waals surface area contributed by atoms with Crippen molar-refractivity contribution < 1.29 is 10.2 Å². The molecular formula is C20H32O2. The second kappa shape index (κ2) is 4.83. The van der Waals surface area contributed by atoms with E-state index in [1.807, 2.05) is 0 Å². The Hall–Kier alpha value is -0.340. The average molecular weight is 304 g/mol. The zero-order valence-corrected chi connectivity index (χ0v) is 14.3. The van der Waals surface area contributed by atoms with Crippen LogP contribution >= 0.6 is 0 Å². The largest absolute Gasteiger partial charge is 0.395 e. The number of hydrogen-bond acceptors (Lipinski definition) is 2. The number of hydrogen-bond donors (Lipinski definition) is 2. The number of aliphatic hydroxyl groups excluding tert-OH is 1. The lowest BCUT2D eigenvalue weighted by atomic mass is 9.46. The summed E-state index contributed by atoms with van der Waals surface area (Å²) in [6, 6.07) is 0. The van der Waals surface area contributed by atoms with E-state index in [4.69, 9.17) is 0 Å². The molecule has 0 heterocycles. The fourth-order valence-corrected chi connectivity index (χ4v) is 7.07. The van der Waals surface area contributed by atoms with Crippen LogP contribution in [0.1, 0.15) is 71.6 Å². The van der Waals surface area contributed by atoms with E-state index in [9.17, 15) is 10.2 Å². The Kier molecular flexibility index (Phi) is 3.34. The van der Waals surface area contributed by atoms with Gasteiger partial charge in [0.05, 0.1) is 12.2 Å². The number of aliphatic hydroxyl groups is 2. The monoisotopic (exact) mass is 304 g/mol. The lowest BCUT2D eigenvalue weighted by Crippen LogP contribution is -2.55. The predicted molar refractivity (Wildman–Crippen MR) is 88.4 cm³/mol. The highest BCUT2D eigenvalue weighted by Crippen LogP contribution is 2.67. The Labute approximate surface area is 135 Å². The first-order chi connectivity index (χ1) is 10.4. The fourth-order valence-electron chi connectivity index (χ4n) is 7.07. The van der Waals surface area contributed by atoms with E-state index >= 15 is 0 Å². The SMILES string of the molecule is CC1(O)CC[C@H]2[C@@H]3CCC4=CCCC[C@]4(CO)[C@@H]3CC[C@@]21C. The first-order valence-corrected chi connectivity index (χ1v) is 9.47. The van der Waals surface area contributed by atoms with Crippen LogP contribution in [0.3, 0.4) is 0 Å². The third kappa shape index (κ3) is 1.74. The maximum Gasteiger partial charge on any atom is 0.0675 e. The van der Waals surface area contributed by atoms with Crippen LogP contribution in [0, 0.1) is 28.6 Å². The third-order valence-corrected chi connectivity index (χ3v) is 8.60. The fraction of sp³-hybridized carbons (Fsp3) is 0.900. The van der Waals surface area contributed by atoms with Crippen LogP contribution in [0.25, 0.3) is 0 Å². The molecule has 0 radical (unpaired) electrons. The molecule has 0 aromatic rings. The van der Waals surface area contributed by atoms with Crippen LogP contribution in [0.15, 0.2) is 11.6 Å². The zero-order valence-electron chi connectivity index (χ0n) is 14.3. The van der Waals surface area contributed by atoms with Crippen molar-refractivity contribution >= 4 is 0 Å². The molecule has 4 aliphatic carbocycles. The number of fused-ring (bicyclic) bond motifs is 5. The van der Waals surface area contributed by atoms with Crippen molar-refractivity contribution in [1.29, 1.82) is 0 Å². The Bertz CT molecular complexity index is 494. The van der Waals surface area contributed by atoms with Gasteiger partial charge in [-0.1, -0.05) is 18.6 Å². The molecule has 4 aliphatic rings. The summed E-state index contributed by atoms with van der Waals surface area (Å²) in [6.07, 6.45) is 13.1. The Balaban J connectivity index is 1.71. The highest BCUT2D eigenvalue weighted by atomic mass is 16.3. The molecule has 4 rings (SSSR count). The first kappa shape index (κ1) is 15.2. The molecule has 0 aliphatic heterocycles. The molecule has 0 aromatic heterocycles. The van der Waals surface area contributed by atoms with Crippen LogP contribution in [-0.2, 0) is 0 Å². The summed E-state index contributed by atoms with van der Waals surface area (Å²) in [5.41, 5.74) is 1.28. The standard InChI is InChI=1S/C20H32O2/c1-18-11-8-17-15(16(18)9-12-19(18,2)22)7-6-14-5-3-4-10-20(14,17)13-21/h5,15-17,21-22H,3-4,6-13H2,1-2H3/t15-,16-,17+,18-,19?,20+/m0/s1. The molecule has 2 heteroatoms. The van der Waals surface area contributed by atoms with Crippen LogP contribution in [0.2, 0.25) is 0 Å². The van der Waals surface area contributed by atoms with Crippen molar-refractivity contribution in [2.45, 2.75) is 77.2 Å². The van der Waals surface area contributed by atoms with Gasteiger partial charge >= 0.3 is 0 Å². The number of rotatable bonds is 1. The highest BCUT2D eigenvalue weighted by Gasteiger charge is 2.62. The van der Waals surface area contributed by atoms with E-state index in [0.29, 0.717) is 18.4 Å². The van der Waals surface area contributed by atoms with Gasteiger partial charge in [-0.25, -0.2) is 0 Å². The lowest BCUT2D eigenvalue weighted by Gasteiger charge is -2.59. The molecule has 3 fully saturated rings. The van der Waals surface area contributed by atoms with E-state index in [0.717, 1.165) is 18.8 Å². The minimum Gasteiger partial charge on any atom is -0.395 e. The minimum absolute atomic E-state index is 0.0942. The van der Waals surface area contributed by atoms with Crippen molar-refractivity contribution in [1.82, 2.24) is 0 Å². The van der Waals surface area contributed by atoms with Crippen LogP contribution in [0.5, 0.6) is 0 Å². The van der Waals surface area contributed by atoms with Gasteiger partial charge in [-0.05, 0) is 87.9 Å². The third-order valence-electron chi connectivity index (χ3n) is 8.60. The van der Waals surface area contributed by atoms with Gasteiger partial charge < -0.3 is 10.2 Å². The smallest absolute Gasteiger partial charge is 0.0675 e. The zero-order chi connectivity index (χ0) is 15.6. The maximum absolute atomic E-state index is 10.9. The average Bonchev–Trinajstić information content (AvgIpc) is 2.77. The van der Waals surface area contributed by atoms with Gasteiger partial charge in [-0.2, -0.15) is 0 Å². The molecule has 0 spiro atoms. The van der Waals surface area contributed by atoms with Crippen LogP contribution < -0.4 is 0 Å². The van der Waals surface area contributed by atoms with E-state index < -0.39 is 5.60 Å². The molecule has 0 aromatic carbocycles. The Morgan fingerprint density at radius 2 is 1.86 bits per heavy atom. The second-order valence-corrected chi connectivity index (χ2v) is 9.12. The van der Waals surface area contributed by atoms with Crippen molar-refractivity contribution in [3.8, 4) is 0 Å². The van der Waals surface area contributed by atoms with Crippen LogP contribution in [-0.4, -0.2) is 22.4 Å². The quantitative estimate of drug-likeness (QED) is 0.717. The molecule has 1 unspecified atom stereocenters. The highest BCUT2D eigenvalue weighted by molar-refractivity contribution is 5.25. The van der Waals surface area contributed by atoms with E-state index in [2.05, 4.69) is 19.9 Å². The summed E-state index contributed by atoms with van der Waals surface area (Å²) in [5.74, 6) is 2.04. The van der Waals surface area contributed by atoms with Gasteiger partial charge in [0.1, 0.15) is 0 Å². The van der Waals surface area contributed by atoms with Gasteiger partial charge in [0.2, 0.25) is 0 Å². The molecule has 6 atom stereocenters. The van der Waals surface area contributed by atoms with Gasteiger partial charge in [0.25, 0.3) is 0 Å². The van der Waals surface area contributed by atoms with Crippen molar-refractivity contribution in [2.24, 2.45) is 28.6 Å². The molecule has 2 N–H and O–H groups in total. The summed E-state index contributed by atoms with van der Waals surface area (Å²) in [4.78, 5) is 0. The first-order valence-electron chi connectivity index (χ1n) is 9.47. The van der Waals surface area contributed by atoms with E-state index in [-0.39, 0.29) is 10.8 Å². The van der Waals surface area contributed by atoms with Gasteiger partial charge in [0.15, 0.2) is 0 Å². The van der Waals surface area contributed by atoms with Crippen molar-refractivity contribution in [3.63, 3.8) is 0 Å². The molecule has 0 saturated heterocycles. The Morgan fingerprint density at radius 1 is 1.09 bits per heavy atom. The van der Waals surface area contributed by atoms with Crippen LogP contribution in [0.4, 0.5) is 0 Å². The molecule has 0 bridgehead atoms. The van der Waals surface area contributed by atoms with Gasteiger partial charge in [-0.3, -0.25) is 0 Å². The summed E-state index contributed by atoms with van der Waals surface area (Å²) in [5, 5.41) is 21.3. The predicted octanol–water partition coefficient (Wildman–Crippen LogP) is 4.06. The Morgan fingerprint density at radius 3 is 2.64 bits per heavy atom. The van der Waals surface area contributed by atoms with Crippen molar-refractivity contribution in [3.05, 3.63) is 11.6 Å². The molecule has 2 nitrogen and oxygen atoms in total. The van der Waals surface area contributed by atoms with Crippen molar-refractivity contribution in [2.75, 3.05) is 6.61 Å². The van der Waals surface area contributed by atoms with Gasteiger partial charge in [-0.15, -0.1) is 0 Å². The normalized spacial score (nSPS) is 54.2. The minimum atomic E-state index is -0.488. The maximum atomic E-state index is 10.9. The summed E-state index contributed by atoms with van der Waals surface area (Å²) < 4.78 is 0.